The van der Waals surface area contributed by atoms with Gasteiger partial charge >= 0.3 is 0 Å². The average molecular weight is 399 g/mol. The molecule has 0 amide bonds. The summed E-state index contributed by atoms with van der Waals surface area (Å²) in [5.74, 6) is 1.76. The summed E-state index contributed by atoms with van der Waals surface area (Å²) in [6.45, 7) is 8.93. The van der Waals surface area contributed by atoms with Crippen molar-refractivity contribution >= 4 is 0 Å². The van der Waals surface area contributed by atoms with Gasteiger partial charge in [0.05, 0.1) is 20.3 Å². The molecule has 29 heavy (non-hydrogen) atoms. The van der Waals surface area contributed by atoms with Gasteiger partial charge in [-0.3, -0.25) is 0 Å². The fourth-order valence-electron chi connectivity index (χ4n) is 3.49. The molecular weight excluding hydrogens is 360 g/mol. The number of benzene rings is 2. The number of nitrogens with zero attached hydrogens (tertiary/aromatic N) is 1. The zero-order chi connectivity index (χ0) is 20.9. The van der Waals surface area contributed by atoms with Crippen LogP contribution in [0, 0.1) is 0 Å². The number of hydrogen-bond donors (Lipinski definition) is 1. The van der Waals surface area contributed by atoms with Crippen molar-refractivity contribution in [3.05, 3.63) is 59.7 Å². The van der Waals surface area contributed by atoms with Crippen molar-refractivity contribution in [1.29, 1.82) is 0 Å². The molecule has 0 bridgehead atoms. The topological polar surface area (TPSA) is 33.7 Å². The van der Waals surface area contributed by atoms with Gasteiger partial charge in [-0.05, 0) is 61.3 Å². The Hall–Kier alpha value is -2.04. The van der Waals surface area contributed by atoms with E-state index in [4.69, 9.17) is 9.47 Å². The van der Waals surface area contributed by atoms with Gasteiger partial charge in [-0.2, -0.15) is 0 Å². The number of hydrogen-bond acceptors (Lipinski definition) is 4. The minimum Gasteiger partial charge on any atom is -0.497 e. The zero-order valence-electron chi connectivity index (χ0n) is 18.6. The number of rotatable bonds is 14. The van der Waals surface area contributed by atoms with Crippen LogP contribution in [-0.4, -0.2) is 45.3 Å². The Kier molecular flexibility index (Phi) is 10.6. The highest BCUT2D eigenvalue weighted by molar-refractivity contribution is 5.37. The zero-order valence-corrected chi connectivity index (χ0v) is 18.6. The second-order valence-electron chi connectivity index (χ2n) is 7.48. The van der Waals surface area contributed by atoms with Gasteiger partial charge in [0.2, 0.25) is 0 Å². The van der Waals surface area contributed by atoms with Gasteiger partial charge in [0.1, 0.15) is 11.5 Å². The average Bonchev–Trinajstić information content (AvgIpc) is 2.78. The molecular formula is C25H38N2O2. The number of ether oxygens (including phenoxy) is 2. The van der Waals surface area contributed by atoms with Crippen LogP contribution in [0.15, 0.2) is 48.5 Å². The van der Waals surface area contributed by atoms with Gasteiger partial charge in [0, 0.05) is 13.1 Å². The lowest BCUT2D eigenvalue weighted by atomic mass is 9.98. The van der Waals surface area contributed by atoms with Crippen LogP contribution in [0.5, 0.6) is 11.5 Å². The maximum Gasteiger partial charge on any atom is 0.118 e. The molecule has 0 saturated heterocycles. The lowest BCUT2D eigenvalue weighted by Gasteiger charge is -2.25. The molecule has 4 nitrogen and oxygen atoms in total. The monoisotopic (exact) mass is 398 g/mol. The SMILES string of the molecule is CCCCN(CCCC)CCNC(c1ccc(OC)cc1)c1ccc(OC)cc1. The first kappa shape index (κ1) is 23.2. The normalized spacial score (nSPS) is 11.2. The standard InChI is InChI=1S/C25H38N2O2/c1-5-7-18-27(19-8-6-2)20-17-26-25(21-9-13-23(28-3)14-10-21)22-11-15-24(29-4)16-12-22/h9-16,25-26H,5-8,17-20H2,1-4H3. The van der Waals surface area contributed by atoms with Crippen LogP contribution in [-0.2, 0) is 0 Å². The fraction of sp³-hybridized carbons (Fsp3) is 0.520. The molecule has 1 N–H and O–H groups in total. The summed E-state index contributed by atoms with van der Waals surface area (Å²) in [4.78, 5) is 2.60. The van der Waals surface area contributed by atoms with Crippen LogP contribution >= 0.6 is 0 Å². The Bertz CT molecular complexity index is 615. The van der Waals surface area contributed by atoms with Crippen LogP contribution in [0.4, 0.5) is 0 Å². The highest BCUT2D eigenvalue weighted by Gasteiger charge is 2.15. The molecule has 0 aromatic heterocycles. The largest absolute Gasteiger partial charge is 0.497 e. The third kappa shape index (κ3) is 7.71. The lowest BCUT2D eigenvalue weighted by molar-refractivity contribution is 0.262. The van der Waals surface area contributed by atoms with E-state index in [2.05, 4.69) is 48.3 Å². The maximum atomic E-state index is 5.33. The fourth-order valence-corrected chi connectivity index (χ4v) is 3.49. The second-order valence-corrected chi connectivity index (χ2v) is 7.48. The van der Waals surface area contributed by atoms with E-state index in [9.17, 15) is 0 Å². The summed E-state index contributed by atoms with van der Waals surface area (Å²) in [6.07, 6.45) is 5.03. The van der Waals surface area contributed by atoms with Crippen molar-refractivity contribution in [2.75, 3.05) is 40.4 Å². The summed E-state index contributed by atoms with van der Waals surface area (Å²) in [5.41, 5.74) is 2.48. The van der Waals surface area contributed by atoms with Crippen LogP contribution in [0.1, 0.15) is 56.7 Å². The van der Waals surface area contributed by atoms with E-state index in [-0.39, 0.29) is 6.04 Å². The molecule has 0 saturated carbocycles. The van der Waals surface area contributed by atoms with E-state index in [0.717, 1.165) is 24.6 Å². The molecule has 2 rings (SSSR count). The first-order valence-electron chi connectivity index (χ1n) is 10.9. The van der Waals surface area contributed by atoms with Crippen LogP contribution < -0.4 is 14.8 Å². The Morgan fingerprint density at radius 3 is 1.55 bits per heavy atom. The molecule has 0 atom stereocenters. The molecule has 0 aliphatic rings. The minimum atomic E-state index is 0.144. The lowest BCUT2D eigenvalue weighted by Crippen LogP contribution is -2.35. The third-order valence-electron chi connectivity index (χ3n) is 5.33. The van der Waals surface area contributed by atoms with Gasteiger partial charge in [0.15, 0.2) is 0 Å². The molecule has 0 radical (unpaired) electrons. The van der Waals surface area contributed by atoms with Crippen molar-refractivity contribution in [1.82, 2.24) is 10.2 Å². The molecule has 0 spiro atoms. The Morgan fingerprint density at radius 2 is 1.17 bits per heavy atom. The van der Waals surface area contributed by atoms with Gasteiger partial charge in [-0.25, -0.2) is 0 Å². The number of nitrogens with one attached hydrogen (secondary N) is 1. The Morgan fingerprint density at radius 1 is 0.724 bits per heavy atom. The predicted octanol–water partition coefficient (Wildman–Crippen LogP) is 5.29. The molecule has 0 aliphatic carbocycles. The maximum absolute atomic E-state index is 5.33. The third-order valence-corrected chi connectivity index (χ3v) is 5.33. The summed E-state index contributed by atoms with van der Waals surface area (Å²) < 4.78 is 10.7. The summed E-state index contributed by atoms with van der Waals surface area (Å²) in [6, 6.07) is 16.8. The second kappa shape index (κ2) is 13.2. The smallest absolute Gasteiger partial charge is 0.118 e. The molecule has 0 fully saturated rings. The van der Waals surface area contributed by atoms with Gasteiger partial charge in [-0.15, -0.1) is 0 Å². The minimum absolute atomic E-state index is 0.144. The summed E-state index contributed by atoms with van der Waals surface area (Å²) >= 11 is 0. The van der Waals surface area contributed by atoms with Crippen LogP contribution in [0.25, 0.3) is 0 Å². The van der Waals surface area contributed by atoms with Crippen molar-refractivity contribution < 1.29 is 9.47 Å². The quantitative estimate of drug-likeness (QED) is 0.469. The van der Waals surface area contributed by atoms with Gasteiger partial charge < -0.3 is 19.7 Å². The van der Waals surface area contributed by atoms with Crippen molar-refractivity contribution in [3.63, 3.8) is 0 Å². The Labute approximate surface area is 177 Å². The van der Waals surface area contributed by atoms with E-state index in [0.29, 0.717) is 0 Å². The molecule has 2 aromatic carbocycles. The van der Waals surface area contributed by atoms with Gasteiger partial charge in [-0.1, -0.05) is 51.0 Å². The first-order valence-corrected chi connectivity index (χ1v) is 10.9. The number of methoxy groups -OCH3 is 2. The molecule has 0 unspecified atom stereocenters. The van der Waals surface area contributed by atoms with E-state index >= 15 is 0 Å². The van der Waals surface area contributed by atoms with E-state index in [1.165, 1.54) is 49.9 Å². The molecule has 0 aliphatic heterocycles. The van der Waals surface area contributed by atoms with Crippen molar-refractivity contribution in [2.24, 2.45) is 0 Å². The molecule has 2 aromatic rings. The summed E-state index contributed by atoms with van der Waals surface area (Å²) in [7, 11) is 3.41. The molecule has 4 heteroatoms. The van der Waals surface area contributed by atoms with E-state index in [1.807, 2.05) is 24.3 Å². The summed E-state index contributed by atoms with van der Waals surface area (Å²) in [5, 5.41) is 3.79. The Balaban J connectivity index is 2.09. The van der Waals surface area contributed by atoms with Crippen LogP contribution in [0.3, 0.4) is 0 Å². The van der Waals surface area contributed by atoms with Crippen molar-refractivity contribution in [2.45, 2.75) is 45.6 Å². The molecule has 160 valence electrons. The molecule has 0 heterocycles. The van der Waals surface area contributed by atoms with E-state index in [1.54, 1.807) is 14.2 Å². The van der Waals surface area contributed by atoms with E-state index < -0.39 is 0 Å². The first-order chi connectivity index (χ1) is 14.2. The highest BCUT2D eigenvalue weighted by Crippen LogP contribution is 2.25. The highest BCUT2D eigenvalue weighted by atomic mass is 16.5. The number of unbranched alkanes of at least 4 members (excludes halogenated alkanes) is 2. The van der Waals surface area contributed by atoms with Crippen molar-refractivity contribution in [3.8, 4) is 11.5 Å². The van der Waals surface area contributed by atoms with Gasteiger partial charge in [0.25, 0.3) is 0 Å². The van der Waals surface area contributed by atoms with Crippen LogP contribution in [0.2, 0.25) is 0 Å². The predicted molar refractivity (Wildman–Crippen MR) is 122 cm³/mol.